The van der Waals surface area contributed by atoms with Gasteiger partial charge in [-0.3, -0.25) is 19.4 Å². The third kappa shape index (κ3) is 4.27. The van der Waals surface area contributed by atoms with Gasteiger partial charge in [0.25, 0.3) is 0 Å². The van der Waals surface area contributed by atoms with E-state index in [-0.39, 0.29) is 17.0 Å². The van der Waals surface area contributed by atoms with Gasteiger partial charge < -0.3 is 15.4 Å². The zero-order chi connectivity index (χ0) is 35.7. The first-order chi connectivity index (χ1) is 24.3. The summed E-state index contributed by atoms with van der Waals surface area (Å²) >= 11 is 0. The summed E-state index contributed by atoms with van der Waals surface area (Å²) in [6, 6.07) is 17.9. The van der Waals surface area contributed by atoms with E-state index in [9.17, 15) is 14.9 Å². The molecule has 0 fully saturated rings. The average Bonchev–Trinajstić information content (AvgIpc) is 3.73. The molecule has 3 aliphatic heterocycles. The second-order valence-corrected chi connectivity index (χ2v) is 16.5. The SMILES string of the molecule is Cc1[nH]nc2c1[C@@](C)(c1cccc(C#N)c1)C1=C(CC(C)(Cn3nc4c(c3C)C3(COc5ccccc53)C3=C(CC(C)(C)CC3=O)N4)CC1=O)N2. The lowest BCUT2D eigenvalue weighted by atomic mass is 9.61. The fourth-order valence-electron chi connectivity index (χ4n) is 10.1. The number of ketones is 2. The van der Waals surface area contributed by atoms with Crippen LogP contribution in [-0.4, -0.2) is 38.2 Å². The Labute approximate surface area is 297 Å². The van der Waals surface area contributed by atoms with Crippen molar-refractivity contribution in [1.29, 1.82) is 5.26 Å². The maximum absolute atomic E-state index is 14.6. The van der Waals surface area contributed by atoms with Gasteiger partial charge >= 0.3 is 0 Å². The van der Waals surface area contributed by atoms with Crippen molar-refractivity contribution in [1.82, 2.24) is 20.0 Å². The summed E-state index contributed by atoms with van der Waals surface area (Å²) in [6.07, 6.45) is 2.14. The molecule has 1 spiro atoms. The number of fused-ring (bicyclic) bond motifs is 6. The maximum Gasteiger partial charge on any atom is 0.162 e. The molecule has 0 radical (unpaired) electrons. The number of H-pyrrole nitrogens is 1. The number of aromatic nitrogens is 4. The minimum Gasteiger partial charge on any atom is -0.492 e. The number of rotatable bonds is 3. The maximum atomic E-state index is 14.6. The second kappa shape index (κ2) is 10.3. The number of carbonyl (C=O) groups is 2. The predicted octanol–water partition coefficient (Wildman–Crippen LogP) is 6.90. The normalized spacial score (nSPS) is 27.1. The van der Waals surface area contributed by atoms with Crippen LogP contribution in [0.3, 0.4) is 0 Å². The van der Waals surface area contributed by atoms with Crippen LogP contribution in [0, 0.1) is 36.0 Å². The Morgan fingerprint density at radius 3 is 2.43 bits per heavy atom. The molecule has 2 unspecified atom stereocenters. The quantitative estimate of drug-likeness (QED) is 0.213. The number of benzene rings is 2. The number of aromatic amines is 1. The lowest BCUT2D eigenvalue weighted by molar-refractivity contribution is -0.120. The van der Waals surface area contributed by atoms with E-state index in [1.165, 1.54) is 0 Å². The molecule has 3 atom stereocenters. The zero-order valence-corrected chi connectivity index (χ0v) is 29.9. The van der Waals surface area contributed by atoms with Crippen molar-refractivity contribution in [2.45, 2.75) is 84.6 Å². The summed E-state index contributed by atoms with van der Waals surface area (Å²) in [5.74, 6) is 2.46. The number of carbonyl (C=O) groups excluding carboxylic acids is 2. The molecule has 2 aliphatic carbocycles. The Hall–Kier alpha value is -5.43. The van der Waals surface area contributed by atoms with Crippen molar-refractivity contribution < 1.29 is 14.3 Å². The lowest BCUT2D eigenvalue weighted by Crippen LogP contribution is -2.45. The highest BCUT2D eigenvalue weighted by Crippen LogP contribution is 2.58. The topological polar surface area (TPSA) is 138 Å². The molecule has 5 aliphatic rings. The first-order valence-corrected chi connectivity index (χ1v) is 17.7. The van der Waals surface area contributed by atoms with Crippen LogP contribution in [0.1, 0.15) is 92.6 Å². The summed E-state index contributed by atoms with van der Waals surface area (Å²) in [6.45, 7) is 13.4. The van der Waals surface area contributed by atoms with Crippen LogP contribution in [-0.2, 0) is 27.0 Å². The molecule has 3 N–H and O–H groups in total. The van der Waals surface area contributed by atoms with Crippen molar-refractivity contribution in [3.8, 4) is 11.8 Å². The lowest BCUT2D eigenvalue weighted by Gasteiger charge is -2.44. The van der Waals surface area contributed by atoms with Gasteiger partial charge in [0.2, 0.25) is 0 Å². The Morgan fingerprint density at radius 2 is 1.63 bits per heavy atom. The number of nitrogens with one attached hydrogen (secondary N) is 3. The van der Waals surface area contributed by atoms with Crippen LogP contribution in [0.25, 0.3) is 0 Å². The molecule has 0 saturated carbocycles. The summed E-state index contributed by atoms with van der Waals surface area (Å²) < 4.78 is 8.41. The Balaban J connectivity index is 1.14. The van der Waals surface area contributed by atoms with Crippen LogP contribution in [0.5, 0.6) is 5.75 Å². The summed E-state index contributed by atoms with van der Waals surface area (Å²) in [7, 11) is 0. The number of allylic oxidation sites excluding steroid dienone is 3. The summed E-state index contributed by atoms with van der Waals surface area (Å²) in [4.78, 5) is 28.7. The van der Waals surface area contributed by atoms with E-state index in [0.29, 0.717) is 43.8 Å². The smallest absolute Gasteiger partial charge is 0.162 e. The van der Waals surface area contributed by atoms with Crippen molar-refractivity contribution in [2.75, 3.05) is 17.2 Å². The highest BCUT2D eigenvalue weighted by Gasteiger charge is 2.57. The fraction of sp³-hybridized carbons (Fsp3) is 0.390. The van der Waals surface area contributed by atoms with Crippen molar-refractivity contribution in [2.24, 2.45) is 10.8 Å². The molecule has 0 amide bonds. The highest BCUT2D eigenvalue weighted by molar-refractivity contribution is 6.04. The number of aryl methyl sites for hydroxylation is 1. The fourth-order valence-corrected chi connectivity index (χ4v) is 10.1. The molecule has 258 valence electrons. The molecule has 2 aromatic heterocycles. The second-order valence-electron chi connectivity index (χ2n) is 16.5. The number of nitriles is 1. The van der Waals surface area contributed by atoms with Crippen molar-refractivity contribution in [3.63, 3.8) is 0 Å². The molecule has 5 heterocycles. The van der Waals surface area contributed by atoms with Crippen LogP contribution in [0.2, 0.25) is 0 Å². The molecular weight excluding hydrogens is 638 g/mol. The van der Waals surface area contributed by atoms with Gasteiger partial charge in [0, 0.05) is 70.0 Å². The molecule has 0 bridgehead atoms. The van der Waals surface area contributed by atoms with Gasteiger partial charge in [-0.1, -0.05) is 51.1 Å². The number of hydrogen-bond acceptors (Lipinski definition) is 8. The van der Waals surface area contributed by atoms with Gasteiger partial charge in [-0.05, 0) is 68.2 Å². The van der Waals surface area contributed by atoms with E-state index >= 15 is 0 Å². The third-order valence-corrected chi connectivity index (χ3v) is 12.1. The van der Waals surface area contributed by atoms with Gasteiger partial charge in [-0.2, -0.15) is 15.5 Å². The Morgan fingerprint density at radius 1 is 0.882 bits per heavy atom. The van der Waals surface area contributed by atoms with Crippen LogP contribution in [0.15, 0.2) is 71.1 Å². The van der Waals surface area contributed by atoms with E-state index in [0.717, 1.165) is 74.2 Å². The monoisotopic (exact) mass is 679 g/mol. The number of Topliss-reactive ketones (excluding diaryl/α,β-unsaturated/α-hetero) is 2. The largest absolute Gasteiger partial charge is 0.492 e. The molecule has 51 heavy (non-hydrogen) atoms. The van der Waals surface area contributed by atoms with Gasteiger partial charge in [0.05, 0.1) is 22.5 Å². The Bertz CT molecular complexity index is 2350. The van der Waals surface area contributed by atoms with Crippen LogP contribution in [0.4, 0.5) is 11.6 Å². The van der Waals surface area contributed by atoms with Gasteiger partial charge in [0.15, 0.2) is 23.2 Å². The molecule has 10 heteroatoms. The van der Waals surface area contributed by atoms with E-state index in [2.05, 4.69) is 67.6 Å². The van der Waals surface area contributed by atoms with Crippen molar-refractivity contribution >= 4 is 23.2 Å². The molecule has 10 nitrogen and oxygen atoms in total. The number of para-hydroxylation sites is 1. The Kier molecular flexibility index (Phi) is 6.38. The first kappa shape index (κ1) is 31.5. The number of ether oxygens (including phenoxy) is 1. The first-order valence-electron chi connectivity index (χ1n) is 17.7. The predicted molar refractivity (Wildman–Crippen MR) is 192 cm³/mol. The standard InChI is InChI=1S/C41H41N7O3/c1-22-32-36(46-45-22)43-28-16-39(5,18-30(50)34(28)40(32,6)25-11-9-10-24(14-25)19-42)20-48-23(2)33-37(47-48)44-27-15-38(3,4)17-29(49)35(27)41(33)21-51-31-13-8-7-12-26(31)41/h7-14H,15-18,20-21H2,1-6H3,(H,44,47)(H2,43,45,46)/t39?,40-,41?/m1/s1. The molecule has 4 aromatic rings. The van der Waals surface area contributed by atoms with Crippen molar-refractivity contribution in [3.05, 3.63) is 110 Å². The minimum atomic E-state index is -0.795. The van der Waals surface area contributed by atoms with E-state index in [1.807, 2.05) is 48.0 Å². The minimum absolute atomic E-state index is 0.0645. The average molecular weight is 680 g/mol. The van der Waals surface area contributed by atoms with Gasteiger partial charge in [-0.25, -0.2) is 0 Å². The van der Waals surface area contributed by atoms with Gasteiger partial charge in [0.1, 0.15) is 12.4 Å². The number of anilines is 2. The number of nitrogens with zero attached hydrogens (tertiary/aromatic N) is 4. The highest BCUT2D eigenvalue weighted by atomic mass is 16.5. The molecule has 2 aromatic carbocycles. The van der Waals surface area contributed by atoms with Crippen LogP contribution < -0.4 is 15.4 Å². The zero-order valence-electron chi connectivity index (χ0n) is 29.9. The summed E-state index contributed by atoms with van der Waals surface area (Å²) in [5, 5.41) is 29.9. The van der Waals surface area contributed by atoms with E-state index in [4.69, 9.17) is 9.84 Å². The van der Waals surface area contributed by atoms with E-state index in [1.54, 1.807) is 6.07 Å². The molecule has 0 saturated heterocycles. The molecular formula is C41H41N7O3. The summed E-state index contributed by atoms with van der Waals surface area (Å²) in [5.41, 5.74) is 7.25. The van der Waals surface area contributed by atoms with Gasteiger partial charge in [-0.15, -0.1) is 0 Å². The third-order valence-electron chi connectivity index (χ3n) is 12.1. The van der Waals surface area contributed by atoms with Crippen LogP contribution >= 0.6 is 0 Å². The van der Waals surface area contributed by atoms with E-state index < -0.39 is 16.2 Å². The molecule has 9 rings (SSSR count). The number of hydrogen-bond donors (Lipinski definition) is 3.